The minimum absolute atomic E-state index is 0.281. The topological polar surface area (TPSA) is 73.2 Å². The molecule has 2 heterocycles. The van der Waals surface area contributed by atoms with Crippen molar-refractivity contribution in [3.63, 3.8) is 0 Å². The molecule has 1 aliphatic rings. The van der Waals surface area contributed by atoms with Gasteiger partial charge in [-0.25, -0.2) is 4.98 Å². The third kappa shape index (κ3) is 2.06. The molecule has 3 N–H and O–H groups in total. The van der Waals surface area contributed by atoms with Crippen molar-refractivity contribution >= 4 is 0 Å². The van der Waals surface area contributed by atoms with Crippen LogP contribution in [0.4, 0.5) is 0 Å². The van der Waals surface area contributed by atoms with Gasteiger partial charge in [-0.3, -0.25) is 0 Å². The van der Waals surface area contributed by atoms with Crippen molar-refractivity contribution < 1.29 is 9.47 Å². The molecule has 1 aromatic carbocycles. The molecular weight excluding hydrogens is 242 g/mol. The number of imidazole rings is 1. The van der Waals surface area contributed by atoms with Gasteiger partial charge in [0.2, 0.25) is 6.79 Å². The summed E-state index contributed by atoms with van der Waals surface area (Å²) in [6.07, 6.45) is 2.62. The Labute approximate surface area is 111 Å². The monoisotopic (exact) mass is 259 g/mol. The Morgan fingerprint density at radius 1 is 1.37 bits per heavy atom. The number of hydrogen-bond donors (Lipinski definition) is 2. The quantitative estimate of drug-likeness (QED) is 0.887. The first-order valence-electron chi connectivity index (χ1n) is 6.34. The van der Waals surface area contributed by atoms with E-state index in [2.05, 4.69) is 9.97 Å². The maximum Gasteiger partial charge on any atom is 0.231 e. The Bertz CT molecular complexity index is 604. The van der Waals surface area contributed by atoms with E-state index in [4.69, 9.17) is 15.2 Å². The average molecular weight is 259 g/mol. The first-order valence-corrected chi connectivity index (χ1v) is 6.34. The van der Waals surface area contributed by atoms with Crippen LogP contribution >= 0.6 is 0 Å². The number of rotatable bonds is 3. The molecular formula is C14H17N3O2. The molecule has 0 saturated heterocycles. The second kappa shape index (κ2) is 4.28. The lowest BCUT2D eigenvalue weighted by atomic mass is 10.00. The van der Waals surface area contributed by atoms with Gasteiger partial charge < -0.3 is 20.2 Å². The summed E-state index contributed by atoms with van der Waals surface area (Å²) in [4.78, 5) is 7.66. The van der Waals surface area contributed by atoms with Crippen LogP contribution in [0.5, 0.6) is 11.5 Å². The second-order valence-corrected chi connectivity index (χ2v) is 4.98. The van der Waals surface area contributed by atoms with Crippen LogP contribution in [0.1, 0.15) is 26.1 Å². The van der Waals surface area contributed by atoms with Crippen molar-refractivity contribution in [2.45, 2.75) is 25.8 Å². The van der Waals surface area contributed by atoms with E-state index in [9.17, 15) is 0 Å². The summed E-state index contributed by atoms with van der Waals surface area (Å²) in [5.74, 6) is 2.34. The highest BCUT2D eigenvalue weighted by molar-refractivity contribution is 5.64. The zero-order valence-corrected chi connectivity index (χ0v) is 11.1. The predicted octanol–water partition coefficient (Wildman–Crippen LogP) is 2.39. The minimum atomic E-state index is -0.436. The maximum absolute atomic E-state index is 6.18. The molecule has 0 amide bonds. The van der Waals surface area contributed by atoms with Gasteiger partial charge in [-0.05, 0) is 31.5 Å². The normalized spacial score (nSPS) is 16.4. The van der Waals surface area contributed by atoms with E-state index in [-0.39, 0.29) is 6.79 Å². The molecule has 1 aliphatic heterocycles. The van der Waals surface area contributed by atoms with Crippen LogP contribution in [-0.2, 0) is 5.54 Å². The van der Waals surface area contributed by atoms with Gasteiger partial charge in [0.1, 0.15) is 5.82 Å². The van der Waals surface area contributed by atoms with Crippen LogP contribution in [0.2, 0.25) is 0 Å². The highest BCUT2D eigenvalue weighted by atomic mass is 16.7. The van der Waals surface area contributed by atoms with Gasteiger partial charge in [0.25, 0.3) is 0 Å². The molecule has 3 rings (SSSR count). The van der Waals surface area contributed by atoms with Gasteiger partial charge in [0.05, 0.1) is 17.4 Å². The van der Waals surface area contributed by atoms with Crippen molar-refractivity contribution in [3.05, 3.63) is 30.2 Å². The predicted molar refractivity (Wildman–Crippen MR) is 72.0 cm³/mol. The SMILES string of the molecule is CCC(C)(N)c1ncc(-c2ccc3c(c2)OCO3)[nH]1. The molecule has 1 aromatic heterocycles. The Morgan fingerprint density at radius 3 is 2.95 bits per heavy atom. The number of benzene rings is 1. The number of aromatic nitrogens is 2. The van der Waals surface area contributed by atoms with Crippen LogP contribution in [0.15, 0.2) is 24.4 Å². The first kappa shape index (κ1) is 12.0. The molecule has 1 atom stereocenters. The molecule has 19 heavy (non-hydrogen) atoms. The third-order valence-electron chi connectivity index (χ3n) is 3.53. The van der Waals surface area contributed by atoms with E-state index in [0.717, 1.165) is 35.0 Å². The number of aromatic amines is 1. The summed E-state index contributed by atoms with van der Waals surface area (Å²) in [6, 6.07) is 5.82. The smallest absolute Gasteiger partial charge is 0.231 e. The van der Waals surface area contributed by atoms with Gasteiger partial charge in [0, 0.05) is 5.56 Å². The number of ether oxygens (including phenoxy) is 2. The second-order valence-electron chi connectivity index (χ2n) is 4.98. The Kier molecular flexibility index (Phi) is 2.71. The average Bonchev–Trinajstić information content (AvgIpc) is 3.06. The van der Waals surface area contributed by atoms with Crippen molar-refractivity contribution in [3.8, 4) is 22.8 Å². The Hall–Kier alpha value is -2.01. The summed E-state index contributed by atoms with van der Waals surface area (Å²) in [7, 11) is 0. The number of H-pyrrole nitrogens is 1. The number of nitrogens with one attached hydrogen (secondary N) is 1. The summed E-state index contributed by atoms with van der Waals surface area (Å²) in [5, 5.41) is 0. The molecule has 0 bridgehead atoms. The number of fused-ring (bicyclic) bond motifs is 1. The summed E-state index contributed by atoms with van der Waals surface area (Å²) in [5.41, 5.74) is 7.68. The first-order chi connectivity index (χ1) is 9.10. The molecule has 5 heteroatoms. The van der Waals surface area contributed by atoms with Gasteiger partial charge in [-0.1, -0.05) is 6.92 Å². The molecule has 0 radical (unpaired) electrons. The van der Waals surface area contributed by atoms with Gasteiger partial charge >= 0.3 is 0 Å². The van der Waals surface area contributed by atoms with Gasteiger partial charge in [-0.2, -0.15) is 0 Å². The van der Waals surface area contributed by atoms with Crippen LogP contribution in [-0.4, -0.2) is 16.8 Å². The standard InChI is InChI=1S/C14H17N3O2/c1-3-14(2,15)13-16-7-10(17-13)9-4-5-11-12(6-9)19-8-18-11/h4-7H,3,8,15H2,1-2H3,(H,16,17). The maximum atomic E-state index is 6.18. The van der Waals surface area contributed by atoms with Crippen LogP contribution < -0.4 is 15.2 Å². The fourth-order valence-electron chi connectivity index (χ4n) is 1.99. The van der Waals surface area contributed by atoms with Gasteiger partial charge in [0.15, 0.2) is 11.5 Å². The van der Waals surface area contributed by atoms with Crippen LogP contribution in [0.3, 0.4) is 0 Å². The molecule has 0 spiro atoms. The molecule has 1 unspecified atom stereocenters. The Morgan fingerprint density at radius 2 is 2.16 bits per heavy atom. The zero-order valence-electron chi connectivity index (χ0n) is 11.1. The number of nitrogens with two attached hydrogens (primary N) is 1. The third-order valence-corrected chi connectivity index (χ3v) is 3.53. The summed E-state index contributed by atoms with van der Waals surface area (Å²) in [6.45, 7) is 4.29. The molecule has 2 aromatic rings. The summed E-state index contributed by atoms with van der Waals surface area (Å²) >= 11 is 0. The van der Waals surface area contributed by atoms with Gasteiger partial charge in [-0.15, -0.1) is 0 Å². The van der Waals surface area contributed by atoms with E-state index < -0.39 is 5.54 Å². The fourth-order valence-corrected chi connectivity index (χ4v) is 1.99. The lowest BCUT2D eigenvalue weighted by Crippen LogP contribution is -2.33. The molecule has 0 aliphatic carbocycles. The summed E-state index contributed by atoms with van der Waals surface area (Å²) < 4.78 is 10.7. The van der Waals surface area contributed by atoms with E-state index in [1.165, 1.54) is 0 Å². The molecule has 100 valence electrons. The largest absolute Gasteiger partial charge is 0.454 e. The van der Waals surface area contributed by atoms with Crippen molar-refractivity contribution in [1.82, 2.24) is 9.97 Å². The highest BCUT2D eigenvalue weighted by Gasteiger charge is 2.23. The van der Waals surface area contributed by atoms with Crippen LogP contribution in [0, 0.1) is 0 Å². The number of hydrogen-bond acceptors (Lipinski definition) is 4. The zero-order chi connectivity index (χ0) is 13.5. The lowest BCUT2D eigenvalue weighted by Gasteiger charge is -2.19. The van der Waals surface area contributed by atoms with E-state index in [1.807, 2.05) is 32.0 Å². The lowest BCUT2D eigenvalue weighted by molar-refractivity contribution is 0.174. The fraction of sp³-hybridized carbons (Fsp3) is 0.357. The minimum Gasteiger partial charge on any atom is -0.454 e. The molecule has 5 nitrogen and oxygen atoms in total. The molecule has 0 fully saturated rings. The Balaban J connectivity index is 1.95. The van der Waals surface area contributed by atoms with Crippen LogP contribution in [0.25, 0.3) is 11.3 Å². The number of nitrogens with zero attached hydrogens (tertiary/aromatic N) is 1. The van der Waals surface area contributed by atoms with Crippen molar-refractivity contribution in [2.75, 3.05) is 6.79 Å². The van der Waals surface area contributed by atoms with E-state index >= 15 is 0 Å². The van der Waals surface area contributed by atoms with E-state index in [0.29, 0.717) is 0 Å². The highest BCUT2D eigenvalue weighted by Crippen LogP contribution is 2.35. The van der Waals surface area contributed by atoms with E-state index in [1.54, 1.807) is 6.20 Å². The molecule has 0 saturated carbocycles. The van der Waals surface area contributed by atoms with Crippen molar-refractivity contribution in [2.24, 2.45) is 5.73 Å². The van der Waals surface area contributed by atoms with Crippen molar-refractivity contribution in [1.29, 1.82) is 0 Å².